The topological polar surface area (TPSA) is 24.9 Å². The maximum absolute atomic E-state index is 11.8. The van der Waals surface area contributed by atoms with Crippen LogP contribution in [0, 0.1) is 0 Å². The zero-order chi connectivity index (χ0) is 12.0. The molecule has 2 nitrogen and oxygen atoms in total. The Hall–Kier alpha value is -0.620. The minimum absolute atomic E-state index is 0.128. The number of thiazole rings is 1. The number of hydrogen-bond acceptors (Lipinski definition) is 3. The lowest BCUT2D eigenvalue weighted by molar-refractivity contribution is -0.135. The highest BCUT2D eigenvalue weighted by Gasteiger charge is 2.25. The van der Waals surface area contributed by atoms with Crippen molar-refractivity contribution in [3.8, 4) is 0 Å². The number of rotatable bonds is 6. The van der Waals surface area contributed by atoms with Crippen LogP contribution in [0.15, 0.2) is 6.20 Å². The third kappa shape index (κ3) is 5.46. The third-order valence-corrected chi connectivity index (χ3v) is 3.16. The molecule has 1 rings (SSSR count). The molecule has 0 saturated heterocycles. The van der Waals surface area contributed by atoms with Crippen LogP contribution in [0.5, 0.6) is 0 Å². The summed E-state index contributed by atoms with van der Waals surface area (Å²) < 4.78 is 35.5. The predicted octanol–water partition coefficient (Wildman–Crippen LogP) is 3.14. The maximum atomic E-state index is 11.8. The Morgan fingerprint density at radius 1 is 1.44 bits per heavy atom. The van der Waals surface area contributed by atoms with Crippen LogP contribution in [-0.2, 0) is 13.0 Å². The van der Waals surface area contributed by atoms with Crippen molar-refractivity contribution < 1.29 is 13.2 Å². The van der Waals surface area contributed by atoms with Gasteiger partial charge in [0.2, 0.25) is 0 Å². The molecule has 0 saturated carbocycles. The van der Waals surface area contributed by atoms with Gasteiger partial charge in [0.25, 0.3) is 0 Å². The lowest BCUT2D eigenvalue weighted by Crippen LogP contribution is -2.17. The van der Waals surface area contributed by atoms with Crippen molar-refractivity contribution in [2.45, 2.75) is 38.9 Å². The Morgan fingerprint density at radius 2 is 2.19 bits per heavy atom. The summed E-state index contributed by atoms with van der Waals surface area (Å²) in [6, 6.07) is 0. The molecule has 0 radical (unpaired) electrons. The summed E-state index contributed by atoms with van der Waals surface area (Å²) in [4.78, 5) is 5.24. The summed E-state index contributed by atoms with van der Waals surface area (Å²) >= 11 is 1.60. The Bertz CT molecular complexity index is 309. The van der Waals surface area contributed by atoms with Crippen molar-refractivity contribution in [3.63, 3.8) is 0 Å². The summed E-state index contributed by atoms with van der Waals surface area (Å²) in [6.45, 7) is 3.02. The molecule has 0 aliphatic heterocycles. The van der Waals surface area contributed by atoms with E-state index in [2.05, 4.69) is 10.3 Å². The minimum Gasteiger partial charge on any atom is -0.312 e. The van der Waals surface area contributed by atoms with Gasteiger partial charge < -0.3 is 5.32 Å². The molecule has 1 aromatic rings. The van der Waals surface area contributed by atoms with Crippen molar-refractivity contribution in [1.82, 2.24) is 10.3 Å². The molecule has 1 N–H and O–H groups in total. The van der Waals surface area contributed by atoms with E-state index in [1.165, 1.54) is 0 Å². The molecule has 92 valence electrons. The number of nitrogens with zero attached hydrogens (tertiary/aromatic N) is 1. The molecule has 0 unspecified atom stereocenters. The lowest BCUT2D eigenvalue weighted by Gasteiger charge is -2.06. The molecular weight excluding hydrogens is 237 g/mol. The summed E-state index contributed by atoms with van der Waals surface area (Å²) in [5.41, 5.74) is 0. The van der Waals surface area contributed by atoms with Crippen molar-refractivity contribution >= 4 is 11.3 Å². The van der Waals surface area contributed by atoms with E-state index in [-0.39, 0.29) is 6.42 Å². The largest absolute Gasteiger partial charge is 0.389 e. The van der Waals surface area contributed by atoms with E-state index >= 15 is 0 Å². The molecule has 0 atom stereocenters. The number of halogens is 3. The summed E-state index contributed by atoms with van der Waals surface area (Å²) in [7, 11) is 0. The number of aryl methyl sites for hydroxylation is 1. The summed E-state index contributed by atoms with van der Waals surface area (Å²) in [5.74, 6) is 0. The number of hydrogen-bond donors (Lipinski definition) is 1. The summed E-state index contributed by atoms with van der Waals surface area (Å²) in [5, 5.41) is 4.04. The second-order valence-corrected chi connectivity index (χ2v) is 4.67. The van der Waals surface area contributed by atoms with E-state index < -0.39 is 12.6 Å². The van der Waals surface area contributed by atoms with Gasteiger partial charge in [0.1, 0.15) is 0 Å². The van der Waals surface area contributed by atoms with Gasteiger partial charge in [-0.2, -0.15) is 13.2 Å². The minimum atomic E-state index is -4.04. The first-order valence-electron chi connectivity index (χ1n) is 5.22. The van der Waals surface area contributed by atoms with Crippen molar-refractivity contribution in [2.75, 3.05) is 6.54 Å². The number of alkyl halides is 3. The Labute approximate surface area is 96.9 Å². The van der Waals surface area contributed by atoms with Crippen LogP contribution in [-0.4, -0.2) is 17.7 Å². The average molecular weight is 252 g/mol. The average Bonchev–Trinajstić information content (AvgIpc) is 2.63. The fraction of sp³-hybridized carbons (Fsp3) is 0.700. The van der Waals surface area contributed by atoms with Crippen molar-refractivity contribution in [1.29, 1.82) is 0 Å². The maximum Gasteiger partial charge on any atom is 0.389 e. The quantitative estimate of drug-likeness (QED) is 0.787. The molecule has 1 aromatic heterocycles. The first kappa shape index (κ1) is 13.4. The van der Waals surface area contributed by atoms with Crippen LogP contribution in [0.2, 0.25) is 0 Å². The van der Waals surface area contributed by atoms with E-state index in [4.69, 9.17) is 0 Å². The van der Waals surface area contributed by atoms with Gasteiger partial charge >= 0.3 is 6.18 Å². The van der Waals surface area contributed by atoms with Crippen LogP contribution < -0.4 is 5.32 Å². The molecule has 0 aliphatic rings. The van der Waals surface area contributed by atoms with Gasteiger partial charge in [-0.1, -0.05) is 6.92 Å². The van der Waals surface area contributed by atoms with Crippen molar-refractivity contribution in [3.05, 3.63) is 16.1 Å². The van der Waals surface area contributed by atoms with E-state index in [0.29, 0.717) is 13.1 Å². The van der Waals surface area contributed by atoms with E-state index in [0.717, 1.165) is 16.3 Å². The van der Waals surface area contributed by atoms with Crippen LogP contribution in [0.25, 0.3) is 0 Å². The van der Waals surface area contributed by atoms with E-state index in [9.17, 15) is 13.2 Å². The molecule has 16 heavy (non-hydrogen) atoms. The fourth-order valence-corrected chi connectivity index (χ4v) is 2.05. The van der Waals surface area contributed by atoms with Gasteiger partial charge in [0.15, 0.2) is 0 Å². The van der Waals surface area contributed by atoms with Gasteiger partial charge in [0, 0.05) is 24.0 Å². The smallest absolute Gasteiger partial charge is 0.312 e. The third-order valence-electron chi connectivity index (χ3n) is 2.02. The van der Waals surface area contributed by atoms with Gasteiger partial charge in [-0.05, 0) is 19.4 Å². The van der Waals surface area contributed by atoms with E-state index in [1.807, 2.05) is 6.92 Å². The fourth-order valence-electron chi connectivity index (χ4n) is 1.22. The van der Waals surface area contributed by atoms with Crippen LogP contribution in [0.4, 0.5) is 13.2 Å². The van der Waals surface area contributed by atoms with Crippen LogP contribution in [0.3, 0.4) is 0 Å². The highest BCUT2D eigenvalue weighted by atomic mass is 32.1. The number of nitrogens with one attached hydrogen (secondary N) is 1. The first-order valence-corrected chi connectivity index (χ1v) is 6.04. The molecular formula is C10H15F3N2S. The van der Waals surface area contributed by atoms with Gasteiger partial charge in [0.05, 0.1) is 5.01 Å². The lowest BCUT2D eigenvalue weighted by atomic mass is 10.3. The van der Waals surface area contributed by atoms with Crippen LogP contribution >= 0.6 is 11.3 Å². The molecule has 1 heterocycles. The summed E-state index contributed by atoms with van der Waals surface area (Å²) in [6.07, 6.45) is -1.95. The standard InChI is InChI=1S/C10H15F3N2S/c1-2-9-15-7-8(16-9)6-14-5-3-4-10(11,12)13/h7,14H,2-6H2,1H3. The molecule has 0 amide bonds. The molecule has 0 spiro atoms. The van der Waals surface area contributed by atoms with Gasteiger partial charge in [-0.3, -0.25) is 0 Å². The zero-order valence-electron chi connectivity index (χ0n) is 9.10. The van der Waals surface area contributed by atoms with Crippen molar-refractivity contribution in [2.24, 2.45) is 0 Å². The normalized spacial score (nSPS) is 12.0. The van der Waals surface area contributed by atoms with Gasteiger partial charge in [-0.15, -0.1) is 11.3 Å². The molecule has 0 aliphatic carbocycles. The predicted molar refractivity (Wildman–Crippen MR) is 58.5 cm³/mol. The second kappa shape index (κ2) is 6.20. The molecule has 6 heteroatoms. The zero-order valence-corrected chi connectivity index (χ0v) is 9.92. The second-order valence-electron chi connectivity index (χ2n) is 3.47. The molecule has 0 fully saturated rings. The number of aromatic nitrogens is 1. The Kier molecular flexibility index (Phi) is 5.21. The Morgan fingerprint density at radius 3 is 2.75 bits per heavy atom. The first-order chi connectivity index (χ1) is 7.51. The van der Waals surface area contributed by atoms with E-state index in [1.54, 1.807) is 17.5 Å². The van der Waals surface area contributed by atoms with Gasteiger partial charge in [-0.25, -0.2) is 4.98 Å². The molecule has 0 bridgehead atoms. The Balaban J connectivity index is 2.11. The molecule has 0 aromatic carbocycles. The monoisotopic (exact) mass is 252 g/mol. The highest BCUT2D eigenvalue weighted by molar-refractivity contribution is 7.11. The van der Waals surface area contributed by atoms with Crippen LogP contribution in [0.1, 0.15) is 29.7 Å². The highest BCUT2D eigenvalue weighted by Crippen LogP contribution is 2.20. The SMILES string of the molecule is CCc1ncc(CNCCCC(F)(F)F)s1.